The van der Waals surface area contributed by atoms with E-state index in [0.29, 0.717) is 30.0 Å². The highest BCUT2D eigenvalue weighted by molar-refractivity contribution is 6.33. The average molecular weight is 611 g/mol. The first kappa shape index (κ1) is 28.1. The Bertz CT molecular complexity index is 1900. The number of carbonyl (C=O) groups is 1. The van der Waals surface area contributed by atoms with Crippen molar-refractivity contribution in [3.05, 3.63) is 82.0 Å². The fourth-order valence-electron chi connectivity index (χ4n) is 6.07. The molecule has 3 aromatic heterocycles. The second kappa shape index (κ2) is 11.1. The van der Waals surface area contributed by atoms with Gasteiger partial charge in [0.25, 0.3) is 0 Å². The van der Waals surface area contributed by atoms with E-state index in [1.165, 1.54) is 16.7 Å². The Morgan fingerprint density at radius 2 is 1.82 bits per heavy atom. The Balaban J connectivity index is 1.47. The number of halogens is 2. The molecule has 0 spiro atoms. The molecule has 1 amide bonds. The summed E-state index contributed by atoms with van der Waals surface area (Å²) < 4.78 is 16.5. The molecule has 3 fully saturated rings. The Labute approximate surface area is 257 Å². The number of hydrogen-bond acceptors (Lipinski definition) is 8. The Morgan fingerprint density at radius 1 is 1.11 bits per heavy atom. The van der Waals surface area contributed by atoms with Crippen LogP contribution in [-0.2, 0) is 4.79 Å². The summed E-state index contributed by atoms with van der Waals surface area (Å²) in [4.78, 5) is 49.0. The average Bonchev–Trinajstić information content (AvgIpc) is 3.95. The van der Waals surface area contributed by atoms with Gasteiger partial charge in [-0.3, -0.25) is 4.79 Å². The van der Waals surface area contributed by atoms with Gasteiger partial charge in [0.1, 0.15) is 18.0 Å². The number of aromatic nitrogens is 5. The predicted molar refractivity (Wildman–Crippen MR) is 163 cm³/mol. The van der Waals surface area contributed by atoms with Crippen LogP contribution in [0.15, 0.2) is 54.1 Å². The molecule has 10 nitrogen and oxygen atoms in total. The number of amides is 1. The number of rotatable bonds is 7. The molecule has 44 heavy (non-hydrogen) atoms. The highest BCUT2D eigenvalue weighted by Crippen LogP contribution is 2.47. The van der Waals surface area contributed by atoms with Gasteiger partial charge in [-0.15, -0.1) is 0 Å². The molecule has 2 saturated carbocycles. The molecule has 7 rings (SSSR count). The highest BCUT2D eigenvalue weighted by Gasteiger charge is 2.37. The van der Waals surface area contributed by atoms with E-state index in [1.807, 2.05) is 4.90 Å². The molecule has 0 bridgehead atoms. The fraction of sp³-hybridized carbons (Fsp3) is 0.344. The van der Waals surface area contributed by atoms with Crippen LogP contribution >= 0.6 is 11.6 Å². The van der Waals surface area contributed by atoms with Crippen LogP contribution in [-0.4, -0.2) is 61.0 Å². The first-order chi connectivity index (χ1) is 21.4. The molecule has 4 heterocycles. The summed E-state index contributed by atoms with van der Waals surface area (Å²) in [6, 6.07) is 9.61. The minimum atomic E-state index is -0.568. The van der Waals surface area contributed by atoms with Gasteiger partial charge in [0.15, 0.2) is 5.65 Å². The summed E-state index contributed by atoms with van der Waals surface area (Å²) in [6.07, 6.45) is 6.73. The summed E-state index contributed by atoms with van der Waals surface area (Å²) in [5, 5.41) is 10.2. The zero-order valence-corrected chi connectivity index (χ0v) is 24.5. The van der Waals surface area contributed by atoms with Crippen LogP contribution < -0.4 is 10.6 Å². The van der Waals surface area contributed by atoms with E-state index in [-0.39, 0.29) is 52.6 Å². The van der Waals surface area contributed by atoms with Crippen LogP contribution in [0, 0.1) is 17.1 Å². The zero-order chi connectivity index (χ0) is 30.5. The van der Waals surface area contributed by atoms with Crippen LogP contribution in [0.5, 0.6) is 0 Å². The molecule has 1 aromatic carbocycles. The quantitative estimate of drug-likeness (QED) is 0.271. The van der Waals surface area contributed by atoms with Crippen molar-refractivity contribution in [1.29, 1.82) is 5.26 Å². The maximum Gasteiger partial charge on any atom is 0.355 e. The molecule has 0 N–H and O–H groups in total. The topological polar surface area (TPSA) is 121 Å². The van der Waals surface area contributed by atoms with Crippen LogP contribution in [0.3, 0.4) is 0 Å². The van der Waals surface area contributed by atoms with E-state index in [1.54, 1.807) is 35.5 Å². The number of anilines is 1. The molecule has 222 valence electrons. The molecule has 1 saturated heterocycles. The number of carbonyl (C=O) groups excluding carboxylic acids is 1. The third-order valence-corrected chi connectivity index (χ3v) is 8.82. The molecule has 1 atom stereocenters. The van der Waals surface area contributed by atoms with E-state index in [2.05, 4.69) is 27.6 Å². The van der Waals surface area contributed by atoms with Crippen molar-refractivity contribution in [2.45, 2.75) is 50.0 Å². The predicted octanol–water partition coefficient (Wildman–Crippen LogP) is 4.90. The Kier molecular flexibility index (Phi) is 7.09. The van der Waals surface area contributed by atoms with E-state index in [4.69, 9.17) is 16.6 Å². The van der Waals surface area contributed by atoms with Crippen molar-refractivity contribution in [1.82, 2.24) is 29.4 Å². The van der Waals surface area contributed by atoms with Gasteiger partial charge in [0, 0.05) is 37.0 Å². The Hall–Kier alpha value is -4.69. The number of nitriles is 1. The van der Waals surface area contributed by atoms with E-state index < -0.39 is 17.5 Å². The lowest BCUT2D eigenvalue weighted by Gasteiger charge is -2.41. The fourth-order valence-corrected chi connectivity index (χ4v) is 6.33. The van der Waals surface area contributed by atoms with Crippen molar-refractivity contribution in [2.75, 3.05) is 24.5 Å². The van der Waals surface area contributed by atoms with Crippen LogP contribution in [0.4, 0.5) is 10.2 Å². The second-order valence-electron chi connectivity index (χ2n) is 11.5. The minimum Gasteiger partial charge on any atom is -0.352 e. The molecule has 1 aliphatic heterocycles. The molecule has 12 heteroatoms. The van der Waals surface area contributed by atoms with Gasteiger partial charge in [-0.05, 0) is 50.0 Å². The first-order valence-corrected chi connectivity index (χ1v) is 15.1. The van der Waals surface area contributed by atoms with Gasteiger partial charge >= 0.3 is 5.69 Å². The number of fused-ring (bicyclic) bond motifs is 1. The molecule has 4 aromatic rings. The maximum atomic E-state index is 15.1. The second-order valence-corrected chi connectivity index (χ2v) is 11.9. The third kappa shape index (κ3) is 4.89. The highest BCUT2D eigenvalue weighted by atomic mass is 35.5. The Morgan fingerprint density at radius 3 is 2.45 bits per heavy atom. The van der Waals surface area contributed by atoms with Gasteiger partial charge < -0.3 is 9.80 Å². The number of piperazine rings is 1. The van der Waals surface area contributed by atoms with Gasteiger partial charge in [0.05, 0.1) is 51.7 Å². The summed E-state index contributed by atoms with van der Waals surface area (Å²) >= 11 is 6.81. The summed E-state index contributed by atoms with van der Waals surface area (Å²) in [6.45, 7) is 4.52. The van der Waals surface area contributed by atoms with Gasteiger partial charge in [-0.2, -0.15) is 10.2 Å². The van der Waals surface area contributed by atoms with E-state index in [9.17, 15) is 14.9 Å². The van der Waals surface area contributed by atoms with Crippen LogP contribution in [0.2, 0.25) is 5.02 Å². The smallest absolute Gasteiger partial charge is 0.352 e. The molecule has 2 aliphatic carbocycles. The van der Waals surface area contributed by atoms with E-state index in [0.717, 1.165) is 37.1 Å². The summed E-state index contributed by atoms with van der Waals surface area (Å²) in [5.74, 6) is -0.0173. The van der Waals surface area contributed by atoms with Crippen molar-refractivity contribution in [3.63, 3.8) is 0 Å². The number of benzene rings is 1. The lowest BCUT2D eigenvalue weighted by Crippen LogP contribution is -2.55. The lowest BCUT2D eigenvalue weighted by molar-refractivity contribution is -0.128. The SMILES string of the molecule is C=CC(=O)N1CCN(c2nc(=O)n(-c3c(C4CC4)ncnc3C3CC3)c3nc(-c4ccccc4F)c(Cl)cc23)C[C@@H]1CC#N. The van der Waals surface area contributed by atoms with Gasteiger partial charge in [0.2, 0.25) is 5.91 Å². The van der Waals surface area contributed by atoms with Crippen molar-refractivity contribution in [2.24, 2.45) is 0 Å². The van der Waals surface area contributed by atoms with Gasteiger partial charge in [-0.25, -0.2) is 28.7 Å². The third-order valence-electron chi connectivity index (χ3n) is 8.53. The van der Waals surface area contributed by atoms with Crippen molar-refractivity contribution in [3.8, 4) is 23.0 Å². The number of pyridine rings is 1. The van der Waals surface area contributed by atoms with Gasteiger partial charge in [-0.1, -0.05) is 30.3 Å². The normalized spacial score (nSPS) is 18.3. The lowest BCUT2D eigenvalue weighted by atomic mass is 10.1. The standard InChI is InChI=1S/C32H28ClFN8O2/c1-2-25(43)41-14-13-40(16-20(41)11-12-35)30-22-15-23(33)28(21-5-3-4-6-24(21)34)38-31(22)42(32(44)39-30)29-26(18-7-8-18)36-17-37-27(29)19-9-10-19/h2-6,15,17-20H,1,7-11,13-14,16H2/t20-/m0/s1. The number of nitrogens with zero attached hydrogens (tertiary/aromatic N) is 8. The molecule has 0 radical (unpaired) electrons. The molecular formula is C32H28ClFN8O2. The summed E-state index contributed by atoms with van der Waals surface area (Å²) in [5.41, 5.74) is 2.28. The van der Waals surface area contributed by atoms with Crippen LogP contribution in [0.1, 0.15) is 55.3 Å². The van der Waals surface area contributed by atoms with Crippen LogP contribution in [0.25, 0.3) is 28.0 Å². The zero-order valence-electron chi connectivity index (χ0n) is 23.8. The molecule has 3 aliphatic rings. The largest absolute Gasteiger partial charge is 0.355 e. The maximum absolute atomic E-state index is 15.1. The number of hydrogen-bond donors (Lipinski definition) is 0. The molecule has 0 unspecified atom stereocenters. The monoisotopic (exact) mass is 610 g/mol. The molecular weight excluding hydrogens is 583 g/mol. The van der Waals surface area contributed by atoms with Crippen molar-refractivity contribution >= 4 is 34.4 Å². The van der Waals surface area contributed by atoms with E-state index >= 15 is 4.39 Å². The summed E-state index contributed by atoms with van der Waals surface area (Å²) in [7, 11) is 0. The first-order valence-electron chi connectivity index (χ1n) is 14.7. The van der Waals surface area contributed by atoms with Crippen molar-refractivity contribution < 1.29 is 9.18 Å². The minimum absolute atomic E-state index is 0.0956.